The van der Waals surface area contributed by atoms with Crippen LogP contribution in [0.2, 0.25) is 0 Å². The third-order valence-electron chi connectivity index (χ3n) is 3.46. The molecule has 0 atom stereocenters. The Labute approximate surface area is 116 Å². The van der Waals surface area contributed by atoms with Crippen LogP contribution in [0.5, 0.6) is 0 Å². The lowest BCUT2D eigenvalue weighted by atomic mass is 10.2. The van der Waals surface area contributed by atoms with Crippen LogP contribution in [0, 0.1) is 0 Å². The molecule has 1 aromatic heterocycles. The molecular formula is C13H16N2O4S. The lowest BCUT2D eigenvalue weighted by Gasteiger charge is -2.21. The standard InChI is InChI=1S/C13H16N2O4S/c14-9-1-2-12-11(7-9)15-13(19-12)8-20(16,17)10-3-5-18-6-4-10/h1-2,7,10H,3-6,8,14H2. The van der Waals surface area contributed by atoms with Crippen molar-refractivity contribution in [3.05, 3.63) is 24.1 Å². The molecule has 108 valence electrons. The second kappa shape index (κ2) is 5.06. The Balaban J connectivity index is 1.84. The van der Waals surface area contributed by atoms with Gasteiger partial charge in [-0.3, -0.25) is 0 Å². The zero-order valence-electron chi connectivity index (χ0n) is 10.9. The van der Waals surface area contributed by atoms with Gasteiger partial charge in [0.25, 0.3) is 0 Å². The average Bonchev–Trinajstić information content (AvgIpc) is 2.80. The molecule has 1 fully saturated rings. The summed E-state index contributed by atoms with van der Waals surface area (Å²) in [5, 5.41) is -0.365. The molecule has 3 rings (SSSR count). The van der Waals surface area contributed by atoms with Gasteiger partial charge in [-0.25, -0.2) is 13.4 Å². The van der Waals surface area contributed by atoms with E-state index >= 15 is 0 Å². The number of ether oxygens (including phenoxy) is 1. The molecule has 0 amide bonds. The third-order valence-corrected chi connectivity index (χ3v) is 5.59. The highest BCUT2D eigenvalue weighted by Crippen LogP contribution is 2.23. The summed E-state index contributed by atoms with van der Waals surface area (Å²) in [7, 11) is -3.26. The number of aromatic nitrogens is 1. The first-order valence-corrected chi connectivity index (χ1v) is 8.20. The maximum absolute atomic E-state index is 12.3. The van der Waals surface area contributed by atoms with Gasteiger partial charge in [-0.1, -0.05) is 0 Å². The van der Waals surface area contributed by atoms with E-state index in [-0.39, 0.29) is 16.9 Å². The minimum atomic E-state index is -3.26. The number of hydrogen-bond donors (Lipinski definition) is 1. The topological polar surface area (TPSA) is 95.4 Å². The van der Waals surface area contributed by atoms with Crippen molar-refractivity contribution in [2.45, 2.75) is 23.8 Å². The quantitative estimate of drug-likeness (QED) is 0.862. The van der Waals surface area contributed by atoms with E-state index in [1.807, 2.05) is 0 Å². The summed E-state index contributed by atoms with van der Waals surface area (Å²) in [5.41, 5.74) is 7.37. The molecule has 2 aromatic rings. The maximum atomic E-state index is 12.3. The highest BCUT2D eigenvalue weighted by Gasteiger charge is 2.29. The van der Waals surface area contributed by atoms with E-state index < -0.39 is 9.84 Å². The number of sulfone groups is 1. The zero-order valence-corrected chi connectivity index (χ0v) is 11.7. The Kier molecular flexibility index (Phi) is 3.39. The predicted octanol–water partition coefficient (Wildman–Crippen LogP) is 1.50. The number of fused-ring (bicyclic) bond motifs is 1. The second-order valence-electron chi connectivity index (χ2n) is 4.95. The molecule has 20 heavy (non-hydrogen) atoms. The van der Waals surface area contributed by atoms with E-state index in [1.54, 1.807) is 18.2 Å². The van der Waals surface area contributed by atoms with E-state index in [0.29, 0.717) is 42.8 Å². The average molecular weight is 296 g/mol. The third kappa shape index (κ3) is 2.64. The highest BCUT2D eigenvalue weighted by atomic mass is 32.2. The SMILES string of the molecule is Nc1ccc2oc(CS(=O)(=O)C3CCOCC3)nc2c1. The second-order valence-corrected chi connectivity index (χ2v) is 7.23. The number of oxazole rings is 1. The summed E-state index contributed by atoms with van der Waals surface area (Å²) in [5.74, 6) is 0.0452. The fourth-order valence-electron chi connectivity index (χ4n) is 2.38. The van der Waals surface area contributed by atoms with Crippen molar-refractivity contribution in [2.24, 2.45) is 0 Å². The van der Waals surface area contributed by atoms with Gasteiger partial charge >= 0.3 is 0 Å². The number of benzene rings is 1. The van der Waals surface area contributed by atoms with Gasteiger partial charge in [0.05, 0.1) is 5.25 Å². The smallest absolute Gasteiger partial charge is 0.210 e. The fourth-order valence-corrected chi connectivity index (χ4v) is 3.99. The van der Waals surface area contributed by atoms with Crippen LogP contribution < -0.4 is 5.73 Å². The summed E-state index contributed by atoms with van der Waals surface area (Å²) in [4.78, 5) is 4.20. The van der Waals surface area contributed by atoms with Gasteiger partial charge in [0.15, 0.2) is 15.4 Å². The van der Waals surface area contributed by atoms with Crippen molar-refractivity contribution in [1.82, 2.24) is 4.98 Å². The van der Waals surface area contributed by atoms with Crippen LogP contribution in [-0.2, 0) is 20.3 Å². The maximum Gasteiger partial charge on any atom is 0.210 e. The van der Waals surface area contributed by atoms with Crippen LogP contribution in [0.15, 0.2) is 22.6 Å². The van der Waals surface area contributed by atoms with E-state index in [1.165, 1.54) is 0 Å². The lowest BCUT2D eigenvalue weighted by Crippen LogP contribution is -2.29. The molecule has 0 saturated carbocycles. The van der Waals surface area contributed by atoms with Crippen LogP contribution in [0.3, 0.4) is 0 Å². The fraction of sp³-hybridized carbons (Fsp3) is 0.462. The molecule has 6 nitrogen and oxygen atoms in total. The molecule has 0 spiro atoms. The summed E-state index contributed by atoms with van der Waals surface area (Å²) in [6.45, 7) is 0.988. The number of nitrogens with zero attached hydrogens (tertiary/aromatic N) is 1. The molecule has 0 unspecified atom stereocenters. The van der Waals surface area contributed by atoms with Gasteiger partial charge in [0.1, 0.15) is 11.3 Å². The van der Waals surface area contributed by atoms with Crippen LogP contribution >= 0.6 is 0 Å². The molecule has 0 bridgehead atoms. The van der Waals surface area contributed by atoms with E-state index in [2.05, 4.69) is 4.98 Å². The van der Waals surface area contributed by atoms with Crippen LogP contribution in [-0.4, -0.2) is 31.9 Å². The van der Waals surface area contributed by atoms with E-state index in [9.17, 15) is 8.42 Å². The molecule has 2 N–H and O–H groups in total. The van der Waals surface area contributed by atoms with Crippen LogP contribution in [0.4, 0.5) is 5.69 Å². The van der Waals surface area contributed by atoms with Crippen LogP contribution in [0.25, 0.3) is 11.1 Å². The van der Waals surface area contributed by atoms with Gasteiger partial charge in [-0.05, 0) is 31.0 Å². The first-order chi connectivity index (χ1) is 9.54. The van der Waals surface area contributed by atoms with E-state index in [0.717, 1.165) is 0 Å². The normalized spacial score (nSPS) is 17.6. The van der Waals surface area contributed by atoms with Gasteiger partial charge < -0.3 is 14.9 Å². The number of anilines is 1. The molecule has 0 radical (unpaired) electrons. The van der Waals surface area contributed by atoms with Crippen molar-refractivity contribution in [2.75, 3.05) is 18.9 Å². The number of rotatable bonds is 3. The first-order valence-electron chi connectivity index (χ1n) is 6.49. The number of nitrogen functional groups attached to an aromatic ring is 1. The summed E-state index contributed by atoms with van der Waals surface area (Å²) in [6, 6.07) is 5.07. The Bertz CT molecular complexity index is 717. The molecule has 1 aromatic carbocycles. The van der Waals surface area contributed by atoms with Crippen molar-refractivity contribution in [3.8, 4) is 0 Å². The monoisotopic (exact) mass is 296 g/mol. The Morgan fingerprint density at radius 1 is 1.30 bits per heavy atom. The minimum absolute atomic E-state index is 0.174. The number of nitrogens with two attached hydrogens (primary N) is 1. The molecule has 1 aliphatic heterocycles. The van der Waals surface area contributed by atoms with Gasteiger partial charge in [-0.2, -0.15) is 0 Å². The predicted molar refractivity (Wildman–Crippen MR) is 74.9 cm³/mol. The highest BCUT2D eigenvalue weighted by molar-refractivity contribution is 7.91. The van der Waals surface area contributed by atoms with Crippen molar-refractivity contribution >= 4 is 26.6 Å². The minimum Gasteiger partial charge on any atom is -0.440 e. The lowest BCUT2D eigenvalue weighted by molar-refractivity contribution is 0.0983. The van der Waals surface area contributed by atoms with Crippen LogP contribution in [0.1, 0.15) is 18.7 Å². The van der Waals surface area contributed by atoms with Gasteiger partial charge in [0.2, 0.25) is 5.89 Å². The molecule has 1 aliphatic rings. The molecule has 0 aliphatic carbocycles. The largest absolute Gasteiger partial charge is 0.440 e. The Morgan fingerprint density at radius 2 is 2.05 bits per heavy atom. The first kappa shape index (κ1) is 13.4. The zero-order chi connectivity index (χ0) is 14.2. The molecule has 1 saturated heterocycles. The van der Waals surface area contributed by atoms with Gasteiger partial charge in [0, 0.05) is 18.9 Å². The number of hydrogen-bond acceptors (Lipinski definition) is 6. The van der Waals surface area contributed by atoms with Gasteiger partial charge in [-0.15, -0.1) is 0 Å². The van der Waals surface area contributed by atoms with Crippen molar-refractivity contribution in [3.63, 3.8) is 0 Å². The van der Waals surface area contributed by atoms with E-state index in [4.69, 9.17) is 14.9 Å². The Hall–Kier alpha value is -1.60. The Morgan fingerprint density at radius 3 is 2.80 bits per heavy atom. The summed E-state index contributed by atoms with van der Waals surface area (Å²) >= 11 is 0. The molecular weight excluding hydrogens is 280 g/mol. The van der Waals surface area contributed by atoms with Crippen molar-refractivity contribution < 1.29 is 17.6 Å². The molecule has 7 heteroatoms. The van der Waals surface area contributed by atoms with Crippen molar-refractivity contribution in [1.29, 1.82) is 0 Å². The molecule has 2 heterocycles. The summed E-state index contributed by atoms with van der Waals surface area (Å²) in [6.07, 6.45) is 1.07. The summed E-state index contributed by atoms with van der Waals surface area (Å²) < 4.78 is 35.3.